The number of amidine groups is 1. The molecule has 2 aromatic rings. The van der Waals surface area contributed by atoms with Gasteiger partial charge in [0.15, 0.2) is 17.3 Å². The van der Waals surface area contributed by atoms with Crippen molar-refractivity contribution in [1.29, 1.82) is 0 Å². The van der Waals surface area contributed by atoms with E-state index in [9.17, 15) is 4.79 Å². The van der Waals surface area contributed by atoms with Gasteiger partial charge in [-0.25, -0.2) is 4.99 Å². The fraction of sp³-hybridized carbons (Fsp3) is 0.176. The summed E-state index contributed by atoms with van der Waals surface area (Å²) in [4.78, 5) is 17.1. The van der Waals surface area contributed by atoms with E-state index in [1.54, 1.807) is 36.4 Å². The van der Waals surface area contributed by atoms with E-state index in [1.807, 2.05) is 0 Å². The molecule has 7 heteroatoms. The molecule has 0 aromatic heterocycles. The number of rotatable bonds is 6. The van der Waals surface area contributed by atoms with Crippen LogP contribution in [0, 0.1) is 0 Å². The fourth-order valence-electron chi connectivity index (χ4n) is 2.08. The predicted molar refractivity (Wildman–Crippen MR) is 99.1 cm³/mol. The standard InChI is InChI=1S/C17H16BrClN2O3/c1-23-14-7-12(17(22)10-3-5-11(18)6-4-10)13(8-15(14)24-2)21-16(20)9-19/h3-8H,9H2,1-2H3,(H2,20,21). The minimum atomic E-state index is -0.204. The molecule has 0 spiro atoms. The fourth-order valence-corrected chi connectivity index (χ4v) is 2.41. The number of carbonyl (C=O) groups is 1. The Labute approximate surface area is 153 Å². The van der Waals surface area contributed by atoms with E-state index in [4.69, 9.17) is 26.8 Å². The molecule has 0 heterocycles. The van der Waals surface area contributed by atoms with E-state index in [2.05, 4.69) is 20.9 Å². The Hall–Kier alpha value is -2.05. The van der Waals surface area contributed by atoms with Crippen LogP contribution in [-0.2, 0) is 0 Å². The molecular formula is C17H16BrClN2O3. The van der Waals surface area contributed by atoms with Crippen LogP contribution in [0.2, 0.25) is 0 Å². The van der Waals surface area contributed by atoms with Crippen molar-refractivity contribution in [1.82, 2.24) is 0 Å². The number of nitrogens with zero attached hydrogens (tertiary/aromatic N) is 1. The number of nitrogens with two attached hydrogens (primary N) is 1. The highest BCUT2D eigenvalue weighted by molar-refractivity contribution is 9.10. The van der Waals surface area contributed by atoms with Crippen LogP contribution in [0.1, 0.15) is 15.9 Å². The monoisotopic (exact) mass is 410 g/mol. The molecule has 0 saturated carbocycles. The van der Waals surface area contributed by atoms with Crippen LogP contribution in [0.5, 0.6) is 11.5 Å². The van der Waals surface area contributed by atoms with Crippen LogP contribution < -0.4 is 15.2 Å². The molecule has 0 amide bonds. The number of benzene rings is 2. The lowest BCUT2D eigenvalue weighted by Gasteiger charge is -2.12. The van der Waals surface area contributed by atoms with Gasteiger partial charge in [-0.2, -0.15) is 0 Å². The summed E-state index contributed by atoms with van der Waals surface area (Å²) >= 11 is 9.05. The number of hydrogen-bond acceptors (Lipinski definition) is 4. The van der Waals surface area contributed by atoms with Gasteiger partial charge in [0.05, 0.1) is 31.4 Å². The number of carbonyl (C=O) groups excluding carboxylic acids is 1. The van der Waals surface area contributed by atoms with Gasteiger partial charge in [-0.3, -0.25) is 4.79 Å². The minimum Gasteiger partial charge on any atom is -0.493 e. The molecule has 5 nitrogen and oxygen atoms in total. The summed E-state index contributed by atoms with van der Waals surface area (Å²) in [5.74, 6) is 0.936. The van der Waals surface area contributed by atoms with Crippen molar-refractivity contribution in [2.45, 2.75) is 0 Å². The third kappa shape index (κ3) is 4.07. The smallest absolute Gasteiger partial charge is 0.195 e. The lowest BCUT2D eigenvalue weighted by molar-refractivity contribution is 0.103. The van der Waals surface area contributed by atoms with Gasteiger partial charge in [-0.05, 0) is 30.3 Å². The molecule has 0 radical (unpaired) electrons. The minimum absolute atomic E-state index is 0.0558. The third-order valence-corrected chi connectivity index (χ3v) is 4.06. The lowest BCUT2D eigenvalue weighted by atomic mass is 10.0. The first-order valence-electron chi connectivity index (χ1n) is 6.95. The Morgan fingerprint density at radius 1 is 1.17 bits per heavy atom. The molecule has 0 atom stereocenters. The van der Waals surface area contributed by atoms with E-state index >= 15 is 0 Å². The SMILES string of the molecule is COc1cc(N=C(N)CCl)c(C(=O)c2ccc(Br)cc2)cc1OC. The van der Waals surface area contributed by atoms with Gasteiger partial charge in [0.1, 0.15) is 5.84 Å². The van der Waals surface area contributed by atoms with Crippen LogP contribution in [0.4, 0.5) is 5.69 Å². The Morgan fingerprint density at radius 3 is 2.29 bits per heavy atom. The van der Waals surface area contributed by atoms with Gasteiger partial charge >= 0.3 is 0 Å². The molecule has 2 aromatic carbocycles. The highest BCUT2D eigenvalue weighted by Gasteiger charge is 2.18. The molecule has 2 rings (SSSR count). The molecule has 0 aliphatic carbocycles. The van der Waals surface area contributed by atoms with E-state index in [0.717, 1.165) is 4.47 Å². The summed E-state index contributed by atoms with van der Waals surface area (Å²) in [5.41, 5.74) is 6.97. The number of alkyl halides is 1. The number of hydrogen-bond donors (Lipinski definition) is 1. The van der Waals surface area contributed by atoms with E-state index < -0.39 is 0 Å². The van der Waals surface area contributed by atoms with Gasteiger partial charge in [0, 0.05) is 16.1 Å². The first kappa shape index (κ1) is 18.3. The van der Waals surface area contributed by atoms with Gasteiger partial charge in [0.2, 0.25) is 0 Å². The summed E-state index contributed by atoms with van der Waals surface area (Å²) in [6, 6.07) is 10.2. The zero-order valence-electron chi connectivity index (χ0n) is 13.2. The average molecular weight is 412 g/mol. The highest BCUT2D eigenvalue weighted by atomic mass is 79.9. The lowest BCUT2D eigenvalue weighted by Crippen LogP contribution is -2.13. The van der Waals surface area contributed by atoms with Crippen LogP contribution >= 0.6 is 27.5 Å². The molecule has 0 saturated heterocycles. The maximum atomic E-state index is 12.9. The second-order valence-corrected chi connectivity index (χ2v) is 5.98. The number of ketones is 1. The molecule has 0 aliphatic heterocycles. The average Bonchev–Trinajstić information content (AvgIpc) is 2.61. The van der Waals surface area contributed by atoms with Crippen molar-refractivity contribution in [3.05, 3.63) is 52.0 Å². The summed E-state index contributed by atoms with van der Waals surface area (Å²) in [6.45, 7) is 0. The zero-order valence-corrected chi connectivity index (χ0v) is 15.5. The first-order valence-corrected chi connectivity index (χ1v) is 8.28. The Balaban J connectivity index is 2.61. The van der Waals surface area contributed by atoms with Crippen molar-refractivity contribution in [2.75, 3.05) is 20.1 Å². The van der Waals surface area contributed by atoms with Crippen molar-refractivity contribution < 1.29 is 14.3 Å². The molecular weight excluding hydrogens is 396 g/mol. The van der Waals surface area contributed by atoms with Crippen LogP contribution in [0.3, 0.4) is 0 Å². The topological polar surface area (TPSA) is 73.9 Å². The largest absolute Gasteiger partial charge is 0.493 e. The van der Waals surface area contributed by atoms with Crippen LogP contribution in [-0.4, -0.2) is 31.7 Å². The van der Waals surface area contributed by atoms with Crippen LogP contribution in [0.25, 0.3) is 0 Å². The summed E-state index contributed by atoms with van der Waals surface area (Å²) in [6.07, 6.45) is 0. The molecule has 0 bridgehead atoms. The Kier molecular flexibility index (Phi) is 6.23. The zero-order chi connectivity index (χ0) is 17.7. The second-order valence-electron chi connectivity index (χ2n) is 4.80. The number of halogens is 2. The van der Waals surface area contributed by atoms with Gasteiger partial charge in [0.25, 0.3) is 0 Å². The normalized spacial score (nSPS) is 11.2. The summed E-state index contributed by atoms with van der Waals surface area (Å²) in [5, 5.41) is 0. The maximum absolute atomic E-state index is 12.9. The van der Waals surface area contributed by atoms with Crippen molar-refractivity contribution in [3.8, 4) is 11.5 Å². The van der Waals surface area contributed by atoms with Crippen molar-refractivity contribution in [2.24, 2.45) is 10.7 Å². The number of aliphatic imine (C=N–C) groups is 1. The van der Waals surface area contributed by atoms with Crippen molar-refractivity contribution in [3.63, 3.8) is 0 Å². The molecule has 0 fully saturated rings. The molecule has 0 unspecified atom stereocenters. The maximum Gasteiger partial charge on any atom is 0.195 e. The molecule has 24 heavy (non-hydrogen) atoms. The Bertz CT molecular complexity index is 776. The summed E-state index contributed by atoms with van der Waals surface area (Å²) < 4.78 is 11.4. The van der Waals surface area contributed by atoms with Crippen molar-refractivity contribution >= 4 is 44.8 Å². The quantitative estimate of drug-likeness (QED) is 0.338. The first-order chi connectivity index (χ1) is 11.5. The van der Waals surface area contributed by atoms with E-state index in [0.29, 0.717) is 28.3 Å². The predicted octanol–water partition coefficient (Wildman–Crippen LogP) is 3.92. The molecule has 2 N–H and O–H groups in total. The van der Waals surface area contributed by atoms with Gasteiger partial charge < -0.3 is 15.2 Å². The molecule has 0 aliphatic rings. The highest BCUT2D eigenvalue weighted by Crippen LogP contribution is 2.36. The van der Waals surface area contributed by atoms with Gasteiger partial charge in [-0.15, -0.1) is 11.6 Å². The van der Waals surface area contributed by atoms with Gasteiger partial charge in [-0.1, -0.05) is 15.9 Å². The number of methoxy groups -OCH3 is 2. The third-order valence-electron chi connectivity index (χ3n) is 3.25. The summed E-state index contributed by atoms with van der Waals surface area (Å²) in [7, 11) is 3.01. The van der Waals surface area contributed by atoms with E-state index in [-0.39, 0.29) is 17.5 Å². The second kappa shape index (κ2) is 8.17. The molecule has 126 valence electrons. The van der Waals surface area contributed by atoms with E-state index in [1.165, 1.54) is 14.2 Å². The Morgan fingerprint density at radius 2 is 1.75 bits per heavy atom. The van der Waals surface area contributed by atoms with Crippen LogP contribution in [0.15, 0.2) is 45.9 Å². The number of ether oxygens (including phenoxy) is 2.